The quantitative estimate of drug-likeness (QED) is 0.670. The van der Waals surface area contributed by atoms with Crippen LogP contribution in [0.3, 0.4) is 0 Å². The van der Waals surface area contributed by atoms with Crippen LogP contribution in [0.4, 0.5) is 17.2 Å². The standard InChI is InChI=1S/C18H12BrN4O/c1-2-4-17(24)22-14-7-8-16-15(10-14)18(21-11-20-16)23-13-6-3-5-12(19)9-13/h3,5-11H,4H2,(H,22,24)(H,20,21,23). The van der Waals surface area contributed by atoms with E-state index >= 15 is 0 Å². The van der Waals surface area contributed by atoms with E-state index < -0.39 is 0 Å². The molecule has 0 spiro atoms. The molecule has 0 aliphatic rings. The fraction of sp³-hybridized carbons (Fsp3) is 0.0556. The predicted molar refractivity (Wildman–Crippen MR) is 97.3 cm³/mol. The number of halogens is 1. The zero-order valence-electron chi connectivity index (χ0n) is 12.5. The molecule has 0 atom stereocenters. The van der Waals surface area contributed by atoms with Crippen molar-refractivity contribution in [2.45, 2.75) is 6.42 Å². The molecule has 117 valence electrons. The summed E-state index contributed by atoms with van der Waals surface area (Å²) in [6.07, 6.45) is 8.28. The molecule has 3 rings (SSSR count). The summed E-state index contributed by atoms with van der Waals surface area (Å²) < 4.78 is 0.960. The maximum atomic E-state index is 11.6. The Labute approximate surface area is 147 Å². The largest absolute Gasteiger partial charge is 0.340 e. The van der Waals surface area contributed by atoms with E-state index in [1.807, 2.05) is 30.3 Å². The van der Waals surface area contributed by atoms with Crippen LogP contribution in [0.25, 0.3) is 10.9 Å². The minimum Gasteiger partial charge on any atom is -0.340 e. The van der Waals surface area contributed by atoms with Crippen molar-refractivity contribution in [1.82, 2.24) is 9.97 Å². The van der Waals surface area contributed by atoms with Crippen LogP contribution in [0.2, 0.25) is 0 Å². The molecule has 1 radical (unpaired) electrons. The first-order chi connectivity index (χ1) is 11.7. The molecule has 2 aromatic carbocycles. The number of anilines is 3. The summed E-state index contributed by atoms with van der Waals surface area (Å²) in [6.45, 7) is 0. The Hall–Kier alpha value is -2.91. The lowest BCUT2D eigenvalue weighted by atomic mass is 10.2. The molecule has 1 amide bonds. The second-order valence-electron chi connectivity index (χ2n) is 4.99. The van der Waals surface area contributed by atoms with Crippen molar-refractivity contribution < 1.29 is 4.79 Å². The molecule has 0 aliphatic heterocycles. The van der Waals surface area contributed by atoms with Crippen molar-refractivity contribution in [3.05, 3.63) is 59.7 Å². The normalized spacial score (nSPS) is 10.2. The number of aromatic nitrogens is 2. The average Bonchev–Trinajstić information content (AvgIpc) is 2.56. The van der Waals surface area contributed by atoms with Crippen LogP contribution in [0.15, 0.2) is 53.3 Å². The molecule has 0 unspecified atom stereocenters. The van der Waals surface area contributed by atoms with Crippen molar-refractivity contribution in [2.24, 2.45) is 0 Å². The lowest BCUT2D eigenvalue weighted by molar-refractivity contribution is -0.115. The molecule has 0 fully saturated rings. The summed E-state index contributed by atoms with van der Waals surface area (Å²) in [5.41, 5.74) is 2.27. The Balaban J connectivity index is 1.95. The first-order valence-electron chi connectivity index (χ1n) is 7.12. The zero-order chi connectivity index (χ0) is 16.9. The summed E-state index contributed by atoms with van der Waals surface area (Å²) in [6, 6.07) is 13.1. The molecular weight excluding hydrogens is 368 g/mol. The maximum absolute atomic E-state index is 11.6. The third-order valence-corrected chi connectivity index (χ3v) is 3.75. The van der Waals surface area contributed by atoms with Gasteiger partial charge < -0.3 is 10.6 Å². The summed E-state index contributed by atoms with van der Waals surface area (Å²) >= 11 is 3.44. The molecule has 0 saturated carbocycles. The van der Waals surface area contributed by atoms with Gasteiger partial charge in [-0.2, -0.15) is 0 Å². The van der Waals surface area contributed by atoms with Crippen molar-refractivity contribution >= 4 is 49.9 Å². The molecule has 6 heteroatoms. The van der Waals surface area contributed by atoms with Gasteiger partial charge in [0.15, 0.2) is 0 Å². The number of hydrogen-bond acceptors (Lipinski definition) is 4. The SMILES string of the molecule is [C]#CCC(=O)Nc1ccc2ncnc(Nc3cccc(Br)c3)c2c1. The Morgan fingerprint density at radius 2 is 2.04 bits per heavy atom. The van der Waals surface area contributed by atoms with Gasteiger partial charge in [0.05, 0.1) is 11.9 Å². The fourth-order valence-electron chi connectivity index (χ4n) is 2.22. The van der Waals surface area contributed by atoms with E-state index in [-0.39, 0.29) is 12.3 Å². The van der Waals surface area contributed by atoms with Crippen molar-refractivity contribution in [3.63, 3.8) is 0 Å². The lowest BCUT2D eigenvalue weighted by Gasteiger charge is -2.10. The van der Waals surface area contributed by atoms with Gasteiger partial charge in [0, 0.05) is 21.2 Å². The van der Waals surface area contributed by atoms with Gasteiger partial charge >= 0.3 is 0 Å². The van der Waals surface area contributed by atoms with E-state index in [4.69, 9.17) is 6.42 Å². The second-order valence-corrected chi connectivity index (χ2v) is 5.91. The second kappa shape index (κ2) is 7.11. The van der Waals surface area contributed by atoms with E-state index in [0.717, 1.165) is 21.1 Å². The number of hydrogen-bond donors (Lipinski definition) is 2. The third-order valence-electron chi connectivity index (χ3n) is 3.26. The van der Waals surface area contributed by atoms with E-state index in [1.165, 1.54) is 6.33 Å². The molecule has 5 nitrogen and oxygen atoms in total. The molecule has 1 heterocycles. The molecule has 2 N–H and O–H groups in total. The highest BCUT2D eigenvalue weighted by molar-refractivity contribution is 9.10. The number of nitrogens with one attached hydrogen (secondary N) is 2. The summed E-state index contributed by atoms with van der Waals surface area (Å²) in [5.74, 6) is 2.43. The fourth-order valence-corrected chi connectivity index (χ4v) is 2.62. The smallest absolute Gasteiger partial charge is 0.236 e. The molecule has 3 aromatic rings. The Kier molecular flexibility index (Phi) is 4.73. The van der Waals surface area contributed by atoms with E-state index in [2.05, 4.69) is 42.5 Å². The van der Waals surface area contributed by atoms with Crippen LogP contribution >= 0.6 is 15.9 Å². The number of rotatable bonds is 4. The van der Waals surface area contributed by atoms with E-state index in [1.54, 1.807) is 12.1 Å². The highest BCUT2D eigenvalue weighted by atomic mass is 79.9. The number of carbonyl (C=O) groups excluding carboxylic acids is 1. The van der Waals surface area contributed by atoms with Crippen LogP contribution in [-0.4, -0.2) is 15.9 Å². The van der Waals surface area contributed by atoms with Crippen molar-refractivity contribution in [1.29, 1.82) is 0 Å². The monoisotopic (exact) mass is 379 g/mol. The van der Waals surface area contributed by atoms with Crippen LogP contribution in [0, 0.1) is 12.3 Å². The van der Waals surface area contributed by atoms with Gasteiger partial charge in [-0.05, 0) is 42.8 Å². The van der Waals surface area contributed by atoms with Crippen molar-refractivity contribution in [2.75, 3.05) is 10.6 Å². The topological polar surface area (TPSA) is 66.9 Å². The average molecular weight is 380 g/mol. The number of nitrogens with zero attached hydrogens (tertiary/aromatic N) is 2. The summed E-state index contributed by atoms with van der Waals surface area (Å²) in [4.78, 5) is 20.2. The third kappa shape index (κ3) is 3.70. The summed E-state index contributed by atoms with van der Waals surface area (Å²) in [5, 5.41) is 6.77. The van der Waals surface area contributed by atoms with E-state index in [0.29, 0.717) is 11.5 Å². The minimum atomic E-state index is -0.289. The Morgan fingerprint density at radius 1 is 1.17 bits per heavy atom. The lowest BCUT2D eigenvalue weighted by Crippen LogP contribution is -2.10. The van der Waals surface area contributed by atoms with Crippen LogP contribution in [-0.2, 0) is 4.79 Å². The molecule has 0 aliphatic carbocycles. The Bertz CT molecular complexity index is 949. The minimum absolute atomic E-state index is 0.0769. The highest BCUT2D eigenvalue weighted by Gasteiger charge is 2.07. The number of carbonyl (C=O) groups is 1. The Morgan fingerprint density at radius 3 is 2.83 bits per heavy atom. The van der Waals surface area contributed by atoms with Gasteiger partial charge in [0.2, 0.25) is 5.91 Å². The van der Waals surface area contributed by atoms with Gasteiger partial charge in [0.1, 0.15) is 12.1 Å². The van der Waals surface area contributed by atoms with Gasteiger partial charge in [-0.3, -0.25) is 4.79 Å². The zero-order valence-corrected chi connectivity index (χ0v) is 14.1. The maximum Gasteiger partial charge on any atom is 0.236 e. The first kappa shape index (κ1) is 16.0. The highest BCUT2D eigenvalue weighted by Crippen LogP contribution is 2.26. The van der Waals surface area contributed by atoms with Crippen molar-refractivity contribution in [3.8, 4) is 5.92 Å². The molecule has 1 aromatic heterocycles. The van der Waals surface area contributed by atoms with Gasteiger partial charge in [-0.25, -0.2) is 9.97 Å². The van der Waals surface area contributed by atoms with Gasteiger partial charge in [0.25, 0.3) is 0 Å². The number of amides is 1. The number of benzene rings is 2. The predicted octanol–water partition coefficient (Wildman–Crippen LogP) is 4.05. The van der Waals surface area contributed by atoms with Crippen LogP contribution in [0.5, 0.6) is 0 Å². The van der Waals surface area contributed by atoms with Gasteiger partial charge in [-0.15, -0.1) is 0 Å². The van der Waals surface area contributed by atoms with Crippen LogP contribution in [0.1, 0.15) is 6.42 Å². The van der Waals surface area contributed by atoms with Gasteiger partial charge in [-0.1, -0.05) is 27.9 Å². The summed E-state index contributed by atoms with van der Waals surface area (Å²) in [7, 11) is 0. The first-order valence-corrected chi connectivity index (χ1v) is 7.92. The molecule has 24 heavy (non-hydrogen) atoms. The molecular formula is C18H12BrN4O. The molecule has 0 saturated heterocycles. The number of fused-ring (bicyclic) bond motifs is 1. The van der Waals surface area contributed by atoms with Crippen LogP contribution < -0.4 is 10.6 Å². The van der Waals surface area contributed by atoms with E-state index in [9.17, 15) is 4.79 Å². The molecule has 0 bridgehead atoms.